The molecule has 154 valence electrons. The topological polar surface area (TPSA) is 74.0 Å². The predicted molar refractivity (Wildman–Crippen MR) is 98.9 cm³/mol. The number of alkyl halides is 3. The van der Waals surface area contributed by atoms with Gasteiger partial charge >= 0.3 is 6.18 Å². The Balaban J connectivity index is 1.73. The van der Waals surface area contributed by atoms with Gasteiger partial charge in [0.1, 0.15) is 0 Å². The normalized spacial score (nSPS) is 11.5. The van der Waals surface area contributed by atoms with Crippen LogP contribution in [0.25, 0.3) is 5.69 Å². The largest absolute Gasteiger partial charge is 0.467 e. The Labute approximate surface area is 169 Å². The fraction of sp³-hybridized carbons (Fsp3) is 0.278. The van der Waals surface area contributed by atoms with E-state index in [9.17, 15) is 18.0 Å². The lowest BCUT2D eigenvalue weighted by atomic mass is 10.3. The van der Waals surface area contributed by atoms with Crippen LogP contribution < -0.4 is 10.1 Å². The van der Waals surface area contributed by atoms with Crippen LogP contribution in [0.4, 0.5) is 13.2 Å². The maximum absolute atomic E-state index is 13.1. The predicted octanol–water partition coefficient (Wildman–Crippen LogP) is 3.28. The number of para-hydroxylation sites is 1. The summed E-state index contributed by atoms with van der Waals surface area (Å²) in [6, 6.07) is 8.76. The second-order valence-electron chi connectivity index (χ2n) is 6.19. The molecule has 0 radical (unpaired) electrons. The van der Waals surface area contributed by atoms with Gasteiger partial charge in [0.2, 0.25) is 5.88 Å². The van der Waals surface area contributed by atoms with Gasteiger partial charge in [-0.25, -0.2) is 0 Å². The van der Waals surface area contributed by atoms with Crippen LogP contribution in [0, 0.1) is 6.92 Å². The summed E-state index contributed by atoms with van der Waals surface area (Å²) in [6.07, 6.45) is -4.68. The molecular weight excluding hydrogens is 411 g/mol. The highest BCUT2D eigenvalue weighted by atomic mass is 35.5. The zero-order valence-electron chi connectivity index (χ0n) is 15.5. The molecule has 0 aliphatic heterocycles. The van der Waals surface area contributed by atoms with Crippen LogP contribution in [0.15, 0.2) is 36.4 Å². The van der Waals surface area contributed by atoms with E-state index in [4.69, 9.17) is 16.3 Å². The van der Waals surface area contributed by atoms with Gasteiger partial charge in [-0.15, -0.1) is 0 Å². The van der Waals surface area contributed by atoms with Gasteiger partial charge in [-0.3, -0.25) is 9.48 Å². The van der Waals surface area contributed by atoms with Crippen LogP contribution in [-0.4, -0.2) is 32.1 Å². The van der Waals surface area contributed by atoms with Gasteiger partial charge in [-0.1, -0.05) is 23.7 Å². The minimum atomic E-state index is -4.68. The molecule has 3 rings (SSSR count). The van der Waals surface area contributed by atoms with Crippen molar-refractivity contribution in [2.75, 3.05) is 6.61 Å². The van der Waals surface area contributed by atoms with E-state index in [-0.39, 0.29) is 23.1 Å². The second-order valence-corrected chi connectivity index (χ2v) is 6.60. The van der Waals surface area contributed by atoms with Gasteiger partial charge in [-0.05, 0) is 25.1 Å². The van der Waals surface area contributed by atoms with Crippen molar-refractivity contribution in [3.05, 3.63) is 58.5 Å². The van der Waals surface area contributed by atoms with Crippen molar-refractivity contribution in [2.24, 2.45) is 7.05 Å². The first kappa shape index (κ1) is 20.7. The smallest absolute Gasteiger partial charge is 0.435 e. The molecule has 1 aromatic carbocycles. The zero-order valence-corrected chi connectivity index (χ0v) is 16.3. The van der Waals surface area contributed by atoms with Crippen LogP contribution in [0.2, 0.25) is 5.02 Å². The highest BCUT2D eigenvalue weighted by Crippen LogP contribution is 2.33. The summed E-state index contributed by atoms with van der Waals surface area (Å²) in [5, 5.41) is 10.5. The fourth-order valence-electron chi connectivity index (χ4n) is 2.50. The highest BCUT2D eigenvalue weighted by molar-refractivity contribution is 6.32. The van der Waals surface area contributed by atoms with Crippen molar-refractivity contribution in [3.63, 3.8) is 0 Å². The average molecular weight is 428 g/mol. The molecule has 0 aliphatic rings. The lowest BCUT2D eigenvalue weighted by Crippen LogP contribution is -2.29. The first-order valence-corrected chi connectivity index (χ1v) is 8.84. The summed E-state index contributed by atoms with van der Waals surface area (Å²) >= 11 is 6.06. The first-order chi connectivity index (χ1) is 13.6. The number of hydrogen-bond donors (Lipinski definition) is 1. The van der Waals surface area contributed by atoms with Crippen molar-refractivity contribution in [1.29, 1.82) is 0 Å². The average Bonchev–Trinajstić information content (AvgIpc) is 3.22. The molecule has 7 nitrogen and oxygen atoms in total. The minimum Gasteiger partial charge on any atom is -0.467 e. The molecule has 29 heavy (non-hydrogen) atoms. The van der Waals surface area contributed by atoms with Crippen LogP contribution in [0.5, 0.6) is 5.88 Å². The van der Waals surface area contributed by atoms with E-state index in [2.05, 4.69) is 15.5 Å². The first-order valence-electron chi connectivity index (χ1n) is 8.46. The number of benzene rings is 1. The number of carbonyl (C=O) groups is 1. The van der Waals surface area contributed by atoms with Gasteiger partial charge in [0.15, 0.2) is 12.3 Å². The molecule has 0 fully saturated rings. The summed E-state index contributed by atoms with van der Waals surface area (Å²) in [6.45, 7) is 1.54. The van der Waals surface area contributed by atoms with E-state index in [0.717, 1.165) is 16.4 Å². The van der Waals surface area contributed by atoms with Crippen molar-refractivity contribution in [3.8, 4) is 11.6 Å². The second kappa shape index (κ2) is 8.16. The Morgan fingerprint density at radius 2 is 1.97 bits per heavy atom. The van der Waals surface area contributed by atoms with Gasteiger partial charge < -0.3 is 10.1 Å². The van der Waals surface area contributed by atoms with Crippen LogP contribution >= 0.6 is 11.6 Å². The number of carbonyl (C=O) groups excluding carboxylic acids is 1. The molecule has 0 unspecified atom stereocenters. The van der Waals surface area contributed by atoms with E-state index in [0.29, 0.717) is 5.69 Å². The van der Waals surface area contributed by atoms with Gasteiger partial charge in [0, 0.05) is 18.8 Å². The molecular formula is C18H17ClF3N5O2. The molecule has 2 aromatic heterocycles. The van der Waals surface area contributed by atoms with Crippen LogP contribution in [-0.2, 0) is 24.6 Å². The van der Waals surface area contributed by atoms with Gasteiger partial charge in [0.25, 0.3) is 5.91 Å². The van der Waals surface area contributed by atoms with Gasteiger partial charge in [-0.2, -0.15) is 28.1 Å². The standard InChI is InChI=1S/C18H17ClF3N5O2/c1-11-7-12(24-26(11)2)9-23-16(28)10-29-17-8-15(18(20,21)22)25-27(17)14-6-4-3-5-13(14)19/h3-8H,9-10H2,1-2H3,(H,23,28). The third-order valence-electron chi connectivity index (χ3n) is 4.03. The number of ether oxygens (including phenoxy) is 1. The molecule has 0 bridgehead atoms. The number of nitrogens with one attached hydrogen (secondary N) is 1. The third-order valence-corrected chi connectivity index (χ3v) is 4.35. The maximum Gasteiger partial charge on any atom is 0.435 e. The number of halogens is 4. The summed E-state index contributed by atoms with van der Waals surface area (Å²) in [4.78, 5) is 12.1. The Morgan fingerprint density at radius 1 is 1.24 bits per heavy atom. The third kappa shape index (κ3) is 4.89. The monoisotopic (exact) mass is 427 g/mol. The van der Waals surface area contributed by atoms with Crippen molar-refractivity contribution in [1.82, 2.24) is 24.9 Å². The quantitative estimate of drug-likeness (QED) is 0.655. The van der Waals surface area contributed by atoms with E-state index in [1.54, 1.807) is 23.9 Å². The summed E-state index contributed by atoms with van der Waals surface area (Å²) < 4.78 is 47.1. The molecule has 3 aromatic rings. The molecule has 0 aliphatic carbocycles. The summed E-state index contributed by atoms with van der Waals surface area (Å²) in [5.74, 6) is -0.775. The van der Waals surface area contributed by atoms with Crippen molar-refractivity contribution >= 4 is 17.5 Å². The van der Waals surface area contributed by atoms with Crippen LogP contribution in [0.3, 0.4) is 0 Å². The summed E-state index contributed by atoms with van der Waals surface area (Å²) in [7, 11) is 1.78. The molecule has 1 amide bonds. The molecule has 11 heteroatoms. The Bertz CT molecular complexity index is 1010. The molecule has 0 atom stereocenters. The Hall–Kier alpha value is -3.01. The number of nitrogens with zero attached hydrogens (tertiary/aromatic N) is 4. The Kier molecular flexibility index (Phi) is 5.83. The molecule has 0 saturated carbocycles. The van der Waals surface area contributed by atoms with Crippen LogP contribution in [0.1, 0.15) is 17.1 Å². The molecule has 0 saturated heterocycles. The number of amides is 1. The number of aryl methyl sites for hydroxylation is 2. The zero-order chi connectivity index (χ0) is 21.2. The van der Waals surface area contributed by atoms with Crippen molar-refractivity contribution < 1.29 is 22.7 Å². The number of aromatic nitrogens is 4. The summed E-state index contributed by atoms with van der Waals surface area (Å²) in [5.41, 5.74) is 0.619. The lowest BCUT2D eigenvalue weighted by molar-refractivity contribution is -0.141. The number of rotatable bonds is 6. The minimum absolute atomic E-state index is 0.168. The van der Waals surface area contributed by atoms with E-state index in [1.807, 2.05) is 13.0 Å². The Morgan fingerprint density at radius 3 is 2.59 bits per heavy atom. The SMILES string of the molecule is Cc1cc(CNC(=O)COc2cc(C(F)(F)F)nn2-c2ccccc2Cl)nn1C. The molecule has 2 heterocycles. The molecule has 1 N–H and O–H groups in total. The van der Waals surface area contributed by atoms with E-state index < -0.39 is 24.4 Å². The fourth-order valence-corrected chi connectivity index (χ4v) is 2.72. The van der Waals surface area contributed by atoms with Crippen molar-refractivity contribution in [2.45, 2.75) is 19.6 Å². The molecule has 0 spiro atoms. The number of hydrogen-bond acceptors (Lipinski definition) is 4. The van der Waals surface area contributed by atoms with E-state index >= 15 is 0 Å². The maximum atomic E-state index is 13.1. The van der Waals surface area contributed by atoms with Gasteiger partial charge in [0.05, 0.1) is 22.9 Å². The highest BCUT2D eigenvalue weighted by Gasteiger charge is 2.36. The van der Waals surface area contributed by atoms with E-state index in [1.165, 1.54) is 12.1 Å². The lowest BCUT2D eigenvalue weighted by Gasteiger charge is -2.10.